The van der Waals surface area contributed by atoms with Crippen LogP contribution >= 0.6 is 0 Å². The summed E-state index contributed by atoms with van der Waals surface area (Å²) in [7, 11) is 1.66. The fourth-order valence-electron chi connectivity index (χ4n) is 3.64. The van der Waals surface area contributed by atoms with E-state index >= 15 is 0 Å². The third-order valence-corrected chi connectivity index (χ3v) is 5.18. The molecule has 1 aromatic rings. The summed E-state index contributed by atoms with van der Waals surface area (Å²) in [5.41, 5.74) is 2.25. The van der Waals surface area contributed by atoms with Gasteiger partial charge in [-0.2, -0.15) is 0 Å². The first-order chi connectivity index (χ1) is 12.0. The molecule has 140 valence electrons. The Bertz CT molecular complexity index is 551. The van der Waals surface area contributed by atoms with Crippen LogP contribution in [-0.4, -0.2) is 25.2 Å². The minimum Gasteiger partial charge on any atom is -0.493 e. The Balaban J connectivity index is 2.12. The van der Waals surface area contributed by atoms with Gasteiger partial charge >= 0.3 is 0 Å². The van der Waals surface area contributed by atoms with E-state index in [1.807, 2.05) is 26.0 Å². The molecule has 4 nitrogen and oxygen atoms in total. The van der Waals surface area contributed by atoms with Crippen molar-refractivity contribution in [3.05, 3.63) is 23.3 Å². The van der Waals surface area contributed by atoms with Crippen LogP contribution in [0.25, 0.3) is 0 Å². The Labute approximate surface area is 152 Å². The second-order valence-corrected chi connectivity index (χ2v) is 7.21. The SMILES string of the molecule is CCCCOc1c(C)cc(NC(=O)C2(OC)CCCCCC2)cc1C. The molecule has 0 bridgehead atoms. The van der Waals surface area contributed by atoms with Crippen molar-refractivity contribution in [1.82, 2.24) is 0 Å². The van der Waals surface area contributed by atoms with Gasteiger partial charge < -0.3 is 14.8 Å². The molecule has 2 rings (SSSR count). The van der Waals surface area contributed by atoms with E-state index in [2.05, 4.69) is 12.2 Å². The van der Waals surface area contributed by atoms with E-state index in [0.717, 1.165) is 67.7 Å². The van der Waals surface area contributed by atoms with Crippen LogP contribution in [0.4, 0.5) is 5.69 Å². The molecule has 0 unspecified atom stereocenters. The van der Waals surface area contributed by atoms with Crippen molar-refractivity contribution >= 4 is 11.6 Å². The standard InChI is InChI=1S/C21H33NO3/c1-5-6-13-25-19-16(2)14-18(15-17(19)3)22-20(23)21(24-4)11-9-7-8-10-12-21/h14-15H,5-13H2,1-4H3,(H,22,23). The Kier molecular flexibility index (Phi) is 7.30. The molecule has 1 aromatic carbocycles. The van der Waals surface area contributed by atoms with Crippen LogP contribution in [0.2, 0.25) is 0 Å². The molecule has 1 aliphatic carbocycles. The van der Waals surface area contributed by atoms with E-state index in [1.165, 1.54) is 12.8 Å². The molecule has 0 saturated heterocycles. The number of carbonyl (C=O) groups is 1. The second-order valence-electron chi connectivity index (χ2n) is 7.21. The third-order valence-electron chi connectivity index (χ3n) is 5.18. The summed E-state index contributed by atoms with van der Waals surface area (Å²) in [6.07, 6.45) is 8.21. The number of unbranched alkanes of at least 4 members (excludes halogenated alkanes) is 1. The summed E-state index contributed by atoms with van der Waals surface area (Å²) in [4.78, 5) is 12.9. The van der Waals surface area contributed by atoms with Gasteiger partial charge in [0.25, 0.3) is 5.91 Å². The zero-order chi connectivity index (χ0) is 18.3. The van der Waals surface area contributed by atoms with Crippen LogP contribution in [-0.2, 0) is 9.53 Å². The summed E-state index contributed by atoms with van der Waals surface area (Å²) in [5, 5.41) is 3.09. The number of methoxy groups -OCH3 is 1. The Morgan fingerprint density at radius 2 is 1.72 bits per heavy atom. The van der Waals surface area contributed by atoms with Crippen molar-refractivity contribution in [2.45, 2.75) is 77.7 Å². The van der Waals surface area contributed by atoms with E-state index in [9.17, 15) is 4.79 Å². The number of hydrogen-bond donors (Lipinski definition) is 1. The van der Waals surface area contributed by atoms with E-state index in [0.29, 0.717) is 0 Å². The Morgan fingerprint density at radius 1 is 1.12 bits per heavy atom. The van der Waals surface area contributed by atoms with E-state index in [1.54, 1.807) is 7.11 Å². The smallest absolute Gasteiger partial charge is 0.256 e. The highest BCUT2D eigenvalue weighted by Gasteiger charge is 2.38. The maximum atomic E-state index is 12.9. The monoisotopic (exact) mass is 347 g/mol. The molecule has 0 spiro atoms. The topological polar surface area (TPSA) is 47.6 Å². The highest BCUT2D eigenvalue weighted by atomic mass is 16.5. The molecule has 0 atom stereocenters. The lowest BCUT2D eigenvalue weighted by molar-refractivity contribution is -0.139. The lowest BCUT2D eigenvalue weighted by Crippen LogP contribution is -2.44. The summed E-state index contributed by atoms with van der Waals surface area (Å²) in [6.45, 7) is 6.95. The van der Waals surface area contributed by atoms with Gasteiger partial charge in [-0.25, -0.2) is 0 Å². The summed E-state index contributed by atoms with van der Waals surface area (Å²) in [6, 6.07) is 3.98. The van der Waals surface area contributed by atoms with Crippen LogP contribution in [0, 0.1) is 13.8 Å². The zero-order valence-corrected chi connectivity index (χ0v) is 16.2. The van der Waals surface area contributed by atoms with Gasteiger partial charge in [0.1, 0.15) is 11.4 Å². The van der Waals surface area contributed by atoms with Gasteiger partial charge in [-0.05, 0) is 56.4 Å². The molecular weight excluding hydrogens is 314 g/mol. The van der Waals surface area contributed by atoms with Crippen molar-refractivity contribution in [2.24, 2.45) is 0 Å². The maximum Gasteiger partial charge on any atom is 0.256 e. The number of carbonyl (C=O) groups excluding carboxylic acids is 1. The highest BCUT2D eigenvalue weighted by molar-refractivity contribution is 5.97. The second kappa shape index (κ2) is 9.23. The van der Waals surface area contributed by atoms with Gasteiger partial charge in [0.05, 0.1) is 6.61 Å². The van der Waals surface area contributed by atoms with Crippen molar-refractivity contribution in [3.63, 3.8) is 0 Å². The predicted octanol–water partition coefficient (Wildman–Crippen LogP) is 5.16. The Hall–Kier alpha value is -1.55. The average Bonchev–Trinajstić information content (AvgIpc) is 2.84. The molecule has 1 N–H and O–H groups in total. The van der Waals surface area contributed by atoms with E-state index in [4.69, 9.17) is 9.47 Å². The van der Waals surface area contributed by atoms with Crippen LogP contribution in [0.15, 0.2) is 12.1 Å². The predicted molar refractivity (Wildman–Crippen MR) is 102 cm³/mol. The van der Waals surface area contributed by atoms with Crippen LogP contribution in [0.3, 0.4) is 0 Å². The fourth-order valence-corrected chi connectivity index (χ4v) is 3.64. The van der Waals surface area contributed by atoms with Crippen LogP contribution < -0.4 is 10.1 Å². The third kappa shape index (κ3) is 4.97. The summed E-state index contributed by atoms with van der Waals surface area (Å²) in [5.74, 6) is 0.915. The van der Waals surface area contributed by atoms with Crippen molar-refractivity contribution in [2.75, 3.05) is 19.0 Å². The maximum absolute atomic E-state index is 12.9. The molecule has 0 radical (unpaired) electrons. The molecule has 1 amide bonds. The number of ether oxygens (including phenoxy) is 2. The first-order valence-corrected chi connectivity index (χ1v) is 9.63. The van der Waals surface area contributed by atoms with Crippen LogP contribution in [0.5, 0.6) is 5.75 Å². The summed E-state index contributed by atoms with van der Waals surface area (Å²) < 4.78 is 11.6. The minimum absolute atomic E-state index is 0.0182. The van der Waals surface area contributed by atoms with Crippen LogP contribution in [0.1, 0.15) is 69.4 Å². The average molecular weight is 347 g/mol. The van der Waals surface area contributed by atoms with Crippen molar-refractivity contribution in [1.29, 1.82) is 0 Å². The number of benzene rings is 1. The van der Waals surface area contributed by atoms with Gasteiger partial charge in [-0.3, -0.25) is 4.79 Å². The molecule has 1 fully saturated rings. The zero-order valence-electron chi connectivity index (χ0n) is 16.2. The Morgan fingerprint density at radius 3 is 2.24 bits per heavy atom. The van der Waals surface area contributed by atoms with E-state index < -0.39 is 5.60 Å². The van der Waals surface area contributed by atoms with Gasteiger partial charge in [0.15, 0.2) is 0 Å². The first kappa shape index (κ1) is 19.8. The van der Waals surface area contributed by atoms with Gasteiger partial charge in [-0.15, -0.1) is 0 Å². The number of nitrogens with one attached hydrogen (secondary N) is 1. The molecule has 0 aliphatic heterocycles. The van der Waals surface area contributed by atoms with Gasteiger partial charge in [0, 0.05) is 12.8 Å². The van der Waals surface area contributed by atoms with Gasteiger partial charge in [-0.1, -0.05) is 39.0 Å². The number of aryl methyl sites for hydroxylation is 2. The molecular formula is C21H33NO3. The molecule has 0 aromatic heterocycles. The number of hydrogen-bond acceptors (Lipinski definition) is 3. The van der Waals surface area contributed by atoms with Crippen molar-refractivity contribution in [3.8, 4) is 5.75 Å². The number of anilines is 1. The fraction of sp³-hybridized carbons (Fsp3) is 0.667. The molecule has 1 aliphatic rings. The lowest BCUT2D eigenvalue weighted by Gasteiger charge is -2.30. The minimum atomic E-state index is -0.686. The molecule has 1 saturated carbocycles. The quantitative estimate of drug-likeness (QED) is 0.547. The molecule has 4 heteroatoms. The largest absolute Gasteiger partial charge is 0.493 e. The number of rotatable bonds is 7. The normalized spacial score (nSPS) is 17.0. The summed E-state index contributed by atoms with van der Waals surface area (Å²) >= 11 is 0. The molecule has 25 heavy (non-hydrogen) atoms. The highest BCUT2D eigenvalue weighted by Crippen LogP contribution is 2.33. The number of amides is 1. The van der Waals surface area contributed by atoms with Crippen molar-refractivity contribution < 1.29 is 14.3 Å². The lowest BCUT2D eigenvalue weighted by atomic mass is 9.93. The first-order valence-electron chi connectivity index (χ1n) is 9.63. The van der Waals surface area contributed by atoms with Gasteiger partial charge in [0.2, 0.25) is 0 Å². The molecule has 0 heterocycles. The van der Waals surface area contributed by atoms with E-state index in [-0.39, 0.29) is 5.91 Å².